The summed E-state index contributed by atoms with van der Waals surface area (Å²) in [6.07, 6.45) is 1.06. The van der Waals surface area contributed by atoms with Crippen molar-refractivity contribution in [3.8, 4) is 0 Å². The molecule has 2 aromatic rings. The van der Waals surface area contributed by atoms with E-state index in [1.54, 1.807) is 6.92 Å². The average molecular weight is 342 g/mol. The first kappa shape index (κ1) is 16.8. The summed E-state index contributed by atoms with van der Waals surface area (Å²) in [6.45, 7) is 5.82. The van der Waals surface area contributed by atoms with Crippen molar-refractivity contribution in [3.63, 3.8) is 0 Å². The Morgan fingerprint density at radius 3 is 2.68 bits per heavy atom. The van der Waals surface area contributed by atoms with Crippen molar-refractivity contribution < 1.29 is 14.9 Å². The van der Waals surface area contributed by atoms with Crippen molar-refractivity contribution in [1.29, 1.82) is 0 Å². The van der Waals surface area contributed by atoms with Gasteiger partial charge in [-0.3, -0.25) is 4.98 Å². The van der Waals surface area contributed by atoms with Gasteiger partial charge in [0.1, 0.15) is 11.7 Å². The van der Waals surface area contributed by atoms with Crippen LogP contribution in [0, 0.1) is 6.92 Å². The summed E-state index contributed by atoms with van der Waals surface area (Å²) >= 11 is 0. The number of aryl methyl sites for hydroxylation is 1. The Morgan fingerprint density at radius 2 is 1.92 bits per heavy atom. The van der Waals surface area contributed by atoms with Crippen LogP contribution in [0.15, 0.2) is 30.3 Å². The van der Waals surface area contributed by atoms with Crippen LogP contribution in [0.2, 0.25) is 0 Å². The number of anilines is 1. The SMILES string of the molecule is Cc1cc(N2CCC3(CC2)OCC[C@@](C)(O)[C@@H]3O)c2ccccc2n1. The summed E-state index contributed by atoms with van der Waals surface area (Å²) < 4.78 is 6.00. The molecule has 0 unspecified atom stereocenters. The maximum absolute atomic E-state index is 10.7. The van der Waals surface area contributed by atoms with Crippen molar-refractivity contribution in [2.45, 2.75) is 50.4 Å². The lowest BCUT2D eigenvalue weighted by atomic mass is 9.75. The average Bonchev–Trinajstić information content (AvgIpc) is 2.60. The van der Waals surface area contributed by atoms with E-state index in [0.717, 1.165) is 29.7 Å². The Hall–Kier alpha value is -1.69. The highest BCUT2D eigenvalue weighted by Gasteiger charge is 2.52. The third kappa shape index (κ3) is 2.80. The van der Waals surface area contributed by atoms with E-state index in [4.69, 9.17) is 4.74 Å². The molecule has 134 valence electrons. The number of aliphatic hydroxyl groups excluding tert-OH is 1. The normalized spacial score (nSPS) is 29.3. The molecule has 2 N–H and O–H groups in total. The fourth-order valence-corrected chi connectivity index (χ4v) is 4.33. The summed E-state index contributed by atoms with van der Waals surface area (Å²) in [7, 11) is 0. The fourth-order valence-electron chi connectivity index (χ4n) is 4.33. The van der Waals surface area contributed by atoms with Crippen LogP contribution in [0.3, 0.4) is 0 Å². The highest BCUT2D eigenvalue weighted by Crippen LogP contribution is 2.41. The molecule has 4 rings (SSSR count). The molecule has 1 aromatic heterocycles. The first-order valence-corrected chi connectivity index (χ1v) is 9.07. The van der Waals surface area contributed by atoms with E-state index in [9.17, 15) is 10.2 Å². The number of nitrogens with zero attached hydrogens (tertiary/aromatic N) is 2. The zero-order valence-electron chi connectivity index (χ0n) is 14.9. The monoisotopic (exact) mass is 342 g/mol. The van der Waals surface area contributed by atoms with Crippen molar-refractivity contribution in [2.75, 3.05) is 24.6 Å². The molecule has 2 saturated heterocycles. The summed E-state index contributed by atoms with van der Waals surface area (Å²) in [4.78, 5) is 6.97. The van der Waals surface area contributed by atoms with Crippen LogP contribution < -0.4 is 4.90 Å². The third-order valence-corrected chi connectivity index (χ3v) is 5.86. The van der Waals surface area contributed by atoms with E-state index in [2.05, 4.69) is 22.0 Å². The number of rotatable bonds is 1. The highest BCUT2D eigenvalue weighted by molar-refractivity contribution is 5.92. The number of aromatic nitrogens is 1. The number of pyridine rings is 1. The van der Waals surface area contributed by atoms with Gasteiger partial charge in [-0.2, -0.15) is 0 Å². The van der Waals surface area contributed by atoms with E-state index < -0.39 is 17.3 Å². The van der Waals surface area contributed by atoms with Gasteiger partial charge < -0.3 is 19.8 Å². The second-order valence-electron chi connectivity index (χ2n) is 7.71. The molecule has 0 bridgehead atoms. The summed E-state index contributed by atoms with van der Waals surface area (Å²) in [6, 6.07) is 10.3. The zero-order valence-corrected chi connectivity index (χ0v) is 14.9. The molecule has 2 aliphatic rings. The van der Waals surface area contributed by atoms with Gasteiger partial charge in [-0.05, 0) is 38.8 Å². The van der Waals surface area contributed by atoms with E-state index in [1.165, 1.54) is 5.69 Å². The number of benzene rings is 1. The number of ether oxygens (including phenoxy) is 1. The van der Waals surface area contributed by atoms with Crippen molar-refractivity contribution in [1.82, 2.24) is 4.98 Å². The van der Waals surface area contributed by atoms with E-state index in [0.29, 0.717) is 25.9 Å². The second-order valence-corrected chi connectivity index (χ2v) is 7.71. The second kappa shape index (κ2) is 5.94. The first-order chi connectivity index (χ1) is 11.9. The topological polar surface area (TPSA) is 65.8 Å². The third-order valence-electron chi connectivity index (χ3n) is 5.86. The Bertz CT molecular complexity index is 782. The number of hydrogen-bond acceptors (Lipinski definition) is 5. The number of para-hydroxylation sites is 1. The predicted octanol–water partition coefficient (Wildman–Crippen LogP) is 2.41. The minimum absolute atomic E-state index is 0.480. The van der Waals surface area contributed by atoms with Crippen LogP contribution in [0.4, 0.5) is 5.69 Å². The van der Waals surface area contributed by atoms with Gasteiger partial charge in [0.15, 0.2) is 0 Å². The molecule has 0 radical (unpaired) electrons. The van der Waals surface area contributed by atoms with Gasteiger partial charge in [0.05, 0.1) is 17.7 Å². The minimum atomic E-state index is -1.07. The molecular weight excluding hydrogens is 316 g/mol. The van der Waals surface area contributed by atoms with Crippen LogP contribution >= 0.6 is 0 Å². The van der Waals surface area contributed by atoms with Gasteiger partial charge in [0, 0.05) is 36.3 Å². The number of piperidine rings is 1. The van der Waals surface area contributed by atoms with Crippen LogP contribution in [-0.2, 0) is 4.74 Å². The number of hydrogen-bond donors (Lipinski definition) is 2. The van der Waals surface area contributed by atoms with Crippen molar-refractivity contribution >= 4 is 16.6 Å². The fraction of sp³-hybridized carbons (Fsp3) is 0.550. The molecule has 2 atom stereocenters. The molecule has 1 aromatic carbocycles. The van der Waals surface area contributed by atoms with Crippen LogP contribution in [0.5, 0.6) is 0 Å². The molecule has 2 aliphatic heterocycles. The minimum Gasteiger partial charge on any atom is -0.387 e. The number of fused-ring (bicyclic) bond motifs is 1. The molecule has 0 aliphatic carbocycles. The van der Waals surface area contributed by atoms with Crippen LogP contribution in [0.1, 0.15) is 31.9 Å². The lowest BCUT2D eigenvalue weighted by molar-refractivity contribution is -0.239. The van der Waals surface area contributed by atoms with E-state index in [-0.39, 0.29) is 0 Å². The smallest absolute Gasteiger partial charge is 0.111 e. The van der Waals surface area contributed by atoms with Crippen LogP contribution in [-0.4, -0.2) is 52.2 Å². The molecule has 3 heterocycles. The van der Waals surface area contributed by atoms with Gasteiger partial charge in [-0.25, -0.2) is 0 Å². The van der Waals surface area contributed by atoms with Crippen LogP contribution in [0.25, 0.3) is 10.9 Å². The lowest BCUT2D eigenvalue weighted by Gasteiger charge is -2.52. The Kier molecular flexibility index (Phi) is 3.98. The van der Waals surface area contributed by atoms with Gasteiger partial charge in [0.25, 0.3) is 0 Å². The molecule has 5 nitrogen and oxygen atoms in total. The maximum atomic E-state index is 10.7. The highest BCUT2D eigenvalue weighted by atomic mass is 16.5. The lowest BCUT2D eigenvalue weighted by Crippen LogP contribution is -2.64. The molecule has 0 amide bonds. The van der Waals surface area contributed by atoms with Crippen molar-refractivity contribution in [2.24, 2.45) is 0 Å². The largest absolute Gasteiger partial charge is 0.387 e. The molecule has 25 heavy (non-hydrogen) atoms. The molecule has 2 fully saturated rings. The van der Waals surface area contributed by atoms with E-state index >= 15 is 0 Å². The Labute approximate surface area is 148 Å². The van der Waals surface area contributed by atoms with Gasteiger partial charge >= 0.3 is 0 Å². The maximum Gasteiger partial charge on any atom is 0.111 e. The van der Waals surface area contributed by atoms with E-state index in [1.807, 2.05) is 25.1 Å². The first-order valence-electron chi connectivity index (χ1n) is 9.07. The predicted molar refractivity (Wildman–Crippen MR) is 97.9 cm³/mol. The van der Waals surface area contributed by atoms with Gasteiger partial charge in [-0.15, -0.1) is 0 Å². The molecule has 1 spiro atoms. The van der Waals surface area contributed by atoms with Gasteiger partial charge in [-0.1, -0.05) is 18.2 Å². The number of aliphatic hydroxyl groups is 2. The summed E-state index contributed by atoms with van der Waals surface area (Å²) in [5.74, 6) is 0. The molecule has 5 heteroatoms. The summed E-state index contributed by atoms with van der Waals surface area (Å²) in [5, 5.41) is 22.3. The Morgan fingerprint density at radius 1 is 1.20 bits per heavy atom. The van der Waals surface area contributed by atoms with Crippen molar-refractivity contribution in [3.05, 3.63) is 36.0 Å². The van der Waals surface area contributed by atoms with Gasteiger partial charge in [0.2, 0.25) is 0 Å². The molecule has 0 saturated carbocycles. The quantitative estimate of drug-likeness (QED) is 0.833. The Balaban J connectivity index is 1.61. The standard InChI is InChI=1S/C20H26N2O3/c1-14-13-17(15-5-3-4-6-16(15)21-14)22-10-7-20(8-11-22)18(23)19(2,24)9-12-25-20/h3-6,13,18,23-24H,7-12H2,1-2H3/t18-,19+/m0/s1. The zero-order chi connectivity index (χ0) is 17.7. The molecular formula is C20H26N2O3. The summed E-state index contributed by atoms with van der Waals surface area (Å²) in [5.41, 5.74) is 1.51.